The van der Waals surface area contributed by atoms with Gasteiger partial charge in [0.05, 0.1) is 5.56 Å². The van der Waals surface area contributed by atoms with Gasteiger partial charge in [-0.1, -0.05) is 0 Å². The molecule has 0 unspecified atom stereocenters. The first-order valence-corrected chi connectivity index (χ1v) is 4.18. The molecule has 0 fully saturated rings. The molecular weight excluding hydrogens is 216 g/mol. The van der Waals surface area contributed by atoms with E-state index in [0.29, 0.717) is 5.56 Å². The minimum absolute atomic E-state index is 0.00963. The van der Waals surface area contributed by atoms with E-state index < -0.39 is 5.97 Å². The van der Waals surface area contributed by atoms with Crippen molar-refractivity contribution in [1.82, 2.24) is 0 Å². The topological polar surface area (TPSA) is 89.9 Å². The van der Waals surface area contributed by atoms with Gasteiger partial charge in [0.25, 0.3) is 12.9 Å². The van der Waals surface area contributed by atoms with Crippen LogP contribution in [0, 0.1) is 6.92 Å². The molecule has 0 atom stereocenters. The Hall–Kier alpha value is -2.37. The van der Waals surface area contributed by atoms with Crippen LogP contribution < -0.4 is 9.47 Å². The molecule has 0 heterocycles. The van der Waals surface area contributed by atoms with E-state index in [4.69, 9.17) is 5.11 Å². The third-order valence-corrected chi connectivity index (χ3v) is 1.87. The van der Waals surface area contributed by atoms with Gasteiger partial charge in [-0.25, -0.2) is 4.79 Å². The van der Waals surface area contributed by atoms with Crippen LogP contribution in [-0.2, 0) is 9.59 Å². The Bertz CT molecular complexity index is 437. The van der Waals surface area contributed by atoms with Crippen LogP contribution in [0.2, 0.25) is 0 Å². The van der Waals surface area contributed by atoms with Gasteiger partial charge in [0.15, 0.2) is 11.5 Å². The molecule has 0 aliphatic carbocycles. The molecular formula is C10H8O6. The molecule has 84 valence electrons. The number of carboxylic acids is 1. The largest absolute Gasteiger partial charge is 0.478 e. The van der Waals surface area contributed by atoms with E-state index in [9.17, 15) is 14.4 Å². The van der Waals surface area contributed by atoms with Gasteiger partial charge in [-0.2, -0.15) is 0 Å². The van der Waals surface area contributed by atoms with Crippen LogP contribution in [0.25, 0.3) is 0 Å². The summed E-state index contributed by atoms with van der Waals surface area (Å²) in [6, 6.07) is 2.42. The van der Waals surface area contributed by atoms with Gasteiger partial charge in [-0.3, -0.25) is 9.59 Å². The zero-order valence-electron chi connectivity index (χ0n) is 8.30. The van der Waals surface area contributed by atoms with E-state index in [1.807, 2.05) is 0 Å². The van der Waals surface area contributed by atoms with Gasteiger partial charge in [0, 0.05) is 0 Å². The second kappa shape index (κ2) is 4.92. The smallest absolute Gasteiger partial charge is 0.336 e. The van der Waals surface area contributed by atoms with Crippen LogP contribution in [0.5, 0.6) is 11.5 Å². The summed E-state index contributed by atoms with van der Waals surface area (Å²) in [4.78, 5) is 31.2. The highest BCUT2D eigenvalue weighted by molar-refractivity contribution is 5.90. The van der Waals surface area contributed by atoms with E-state index >= 15 is 0 Å². The van der Waals surface area contributed by atoms with Crippen molar-refractivity contribution in [3.05, 3.63) is 23.3 Å². The van der Waals surface area contributed by atoms with Gasteiger partial charge in [-0.05, 0) is 24.6 Å². The predicted molar refractivity (Wildman–Crippen MR) is 51.5 cm³/mol. The minimum Gasteiger partial charge on any atom is -0.478 e. The average molecular weight is 224 g/mol. The van der Waals surface area contributed by atoms with Gasteiger partial charge in [-0.15, -0.1) is 0 Å². The lowest BCUT2D eigenvalue weighted by Gasteiger charge is -2.08. The molecule has 6 nitrogen and oxygen atoms in total. The summed E-state index contributed by atoms with van der Waals surface area (Å²) in [5.41, 5.74) is 0.359. The van der Waals surface area contributed by atoms with Crippen molar-refractivity contribution in [3.8, 4) is 11.5 Å². The average Bonchev–Trinajstić information content (AvgIpc) is 2.22. The number of rotatable bonds is 5. The number of benzene rings is 1. The van der Waals surface area contributed by atoms with Crippen molar-refractivity contribution < 1.29 is 29.0 Å². The number of carbonyl (C=O) groups is 3. The first kappa shape index (κ1) is 11.7. The molecule has 1 aromatic carbocycles. The third kappa shape index (κ3) is 2.35. The number of aromatic carboxylic acids is 1. The van der Waals surface area contributed by atoms with E-state index in [0.717, 1.165) is 6.07 Å². The molecule has 0 aromatic heterocycles. The highest BCUT2D eigenvalue weighted by Gasteiger charge is 2.14. The maximum absolute atomic E-state index is 10.8. The van der Waals surface area contributed by atoms with Crippen molar-refractivity contribution in [2.24, 2.45) is 0 Å². The van der Waals surface area contributed by atoms with Crippen LogP contribution in [0.15, 0.2) is 12.1 Å². The number of aryl methyl sites for hydroxylation is 1. The number of carboxylic acid groups (broad SMARTS) is 1. The van der Waals surface area contributed by atoms with Crippen LogP contribution in [0.4, 0.5) is 0 Å². The summed E-state index contributed by atoms with van der Waals surface area (Å²) in [7, 11) is 0. The number of ether oxygens (including phenoxy) is 2. The fourth-order valence-corrected chi connectivity index (χ4v) is 1.18. The Morgan fingerprint density at radius 3 is 2.12 bits per heavy atom. The lowest BCUT2D eigenvalue weighted by molar-refractivity contribution is -0.123. The summed E-state index contributed by atoms with van der Waals surface area (Å²) >= 11 is 0. The van der Waals surface area contributed by atoms with E-state index in [-0.39, 0.29) is 30.0 Å². The molecule has 0 saturated heterocycles. The summed E-state index contributed by atoms with van der Waals surface area (Å²) < 4.78 is 9.06. The normalized spacial score (nSPS) is 9.31. The molecule has 1 rings (SSSR count). The van der Waals surface area contributed by atoms with Gasteiger partial charge in [0.1, 0.15) is 0 Å². The Morgan fingerprint density at radius 2 is 1.69 bits per heavy atom. The summed E-state index contributed by atoms with van der Waals surface area (Å²) in [5.74, 6) is -1.29. The van der Waals surface area contributed by atoms with Gasteiger partial charge >= 0.3 is 5.97 Å². The highest BCUT2D eigenvalue weighted by atomic mass is 16.6. The third-order valence-electron chi connectivity index (χ3n) is 1.87. The predicted octanol–water partition coefficient (Wildman–Crippen LogP) is 0.764. The first-order chi connectivity index (χ1) is 7.60. The van der Waals surface area contributed by atoms with Crippen LogP contribution in [0.3, 0.4) is 0 Å². The number of hydrogen-bond donors (Lipinski definition) is 1. The van der Waals surface area contributed by atoms with Gasteiger partial charge < -0.3 is 14.6 Å². The molecule has 16 heavy (non-hydrogen) atoms. The molecule has 0 amide bonds. The highest BCUT2D eigenvalue weighted by Crippen LogP contribution is 2.30. The standard InChI is InChI=1S/C10H8O6/c1-6-2-8(15-4-11)9(16-5-12)3-7(6)10(13)14/h2-5H,1H3,(H,13,14). The van der Waals surface area contributed by atoms with Crippen LogP contribution in [0.1, 0.15) is 15.9 Å². The molecule has 0 aliphatic rings. The van der Waals surface area contributed by atoms with Crippen LogP contribution in [-0.4, -0.2) is 24.0 Å². The summed E-state index contributed by atoms with van der Waals surface area (Å²) in [5, 5.41) is 8.82. The summed E-state index contributed by atoms with van der Waals surface area (Å²) in [6.45, 7) is 1.81. The monoisotopic (exact) mass is 224 g/mol. The second-order valence-corrected chi connectivity index (χ2v) is 2.85. The maximum atomic E-state index is 10.8. The Labute approximate surface area is 90.4 Å². The molecule has 6 heteroatoms. The fraction of sp³-hybridized carbons (Fsp3) is 0.100. The molecule has 1 aromatic rings. The van der Waals surface area contributed by atoms with Crippen molar-refractivity contribution in [3.63, 3.8) is 0 Å². The van der Waals surface area contributed by atoms with Crippen molar-refractivity contribution in [1.29, 1.82) is 0 Å². The van der Waals surface area contributed by atoms with Crippen molar-refractivity contribution in [2.45, 2.75) is 6.92 Å². The lowest BCUT2D eigenvalue weighted by Crippen LogP contribution is -2.03. The minimum atomic E-state index is -1.16. The van der Waals surface area contributed by atoms with E-state index in [1.165, 1.54) is 13.0 Å². The molecule has 0 radical (unpaired) electrons. The molecule has 0 aliphatic heterocycles. The molecule has 0 saturated carbocycles. The fourth-order valence-electron chi connectivity index (χ4n) is 1.18. The molecule has 0 bridgehead atoms. The Morgan fingerprint density at radius 1 is 1.19 bits per heavy atom. The van der Waals surface area contributed by atoms with E-state index in [2.05, 4.69) is 9.47 Å². The number of carbonyl (C=O) groups excluding carboxylic acids is 2. The van der Waals surface area contributed by atoms with Crippen LogP contribution >= 0.6 is 0 Å². The van der Waals surface area contributed by atoms with Crippen molar-refractivity contribution in [2.75, 3.05) is 0 Å². The zero-order chi connectivity index (χ0) is 12.1. The second-order valence-electron chi connectivity index (χ2n) is 2.85. The first-order valence-electron chi connectivity index (χ1n) is 4.18. The van der Waals surface area contributed by atoms with Gasteiger partial charge in [0.2, 0.25) is 0 Å². The molecule has 0 spiro atoms. The Balaban J connectivity index is 3.29. The Kier molecular flexibility index (Phi) is 3.60. The summed E-state index contributed by atoms with van der Waals surface area (Å²) in [6.07, 6.45) is 0. The zero-order valence-corrected chi connectivity index (χ0v) is 8.30. The lowest BCUT2D eigenvalue weighted by atomic mass is 10.1. The molecule has 1 N–H and O–H groups in total. The SMILES string of the molecule is Cc1cc(OC=O)c(OC=O)cc1C(=O)O. The van der Waals surface area contributed by atoms with Crippen molar-refractivity contribution >= 4 is 18.9 Å². The maximum Gasteiger partial charge on any atom is 0.336 e. The quantitative estimate of drug-likeness (QED) is 0.742. The van der Waals surface area contributed by atoms with E-state index in [1.54, 1.807) is 0 Å². The number of hydrogen-bond acceptors (Lipinski definition) is 5.